The fourth-order valence-corrected chi connectivity index (χ4v) is 1.34. The van der Waals surface area contributed by atoms with Gasteiger partial charge in [-0.05, 0) is 18.9 Å². The molecule has 1 aliphatic carbocycles. The number of amides is 1. The first-order valence-corrected chi connectivity index (χ1v) is 4.70. The number of carbonyl (C=O) groups excluding carboxylic acids is 1. The molecule has 0 aliphatic heterocycles. The minimum absolute atomic E-state index is 0.0209. The van der Waals surface area contributed by atoms with Crippen LogP contribution in [-0.2, 0) is 4.79 Å². The van der Waals surface area contributed by atoms with Gasteiger partial charge in [-0.3, -0.25) is 9.78 Å². The van der Waals surface area contributed by atoms with Gasteiger partial charge in [0.25, 0.3) is 5.91 Å². The summed E-state index contributed by atoms with van der Waals surface area (Å²) in [5.74, 6) is -2.31. The SMILES string of the molecule is O=C(NC1(C(=O)O)CC1)c1cncc(F)c1. The van der Waals surface area contributed by atoms with Crippen molar-refractivity contribution in [2.75, 3.05) is 0 Å². The van der Waals surface area contributed by atoms with Crippen molar-refractivity contribution >= 4 is 11.9 Å². The van der Waals surface area contributed by atoms with E-state index >= 15 is 0 Å². The number of nitrogens with one attached hydrogen (secondary N) is 1. The van der Waals surface area contributed by atoms with Gasteiger partial charge in [0.1, 0.15) is 11.4 Å². The molecule has 0 bridgehead atoms. The fraction of sp³-hybridized carbons (Fsp3) is 0.300. The van der Waals surface area contributed by atoms with E-state index in [0.29, 0.717) is 12.8 Å². The molecule has 1 amide bonds. The first-order valence-electron chi connectivity index (χ1n) is 4.70. The van der Waals surface area contributed by atoms with Crippen LogP contribution in [-0.4, -0.2) is 27.5 Å². The van der Waals surface area contributed by atoms with Gasteiger partial charge < -0.3 is 10.4 Å². The van der Waals surface area contributed by atoms with Gasteiger partial charge in [-0.1, -0.05) is 0 Å². The molecule has 2 N–H and O–H groups in total. The van der Waals surface area contributed by atoms with Crippen LogP contribution in [0.5, 0.6) is 0 Å². The topological polar surface area (TPSA) is 79.3 Å². The van der Waals surface area contributed by atoms with Crippen LogP contribution >= 0.6 is 0 Å². The molecule has 1 aliphatic rings. The maximum absolute atomic E-state index is 12.8. The number of aliphatic carboxylic acids is 1. The lowest BCUT2D eigenvalue weighted by Gasteiger charge is -2.11. The standard InChI is InChI=1S/C10H9FN2O3/c11-7-3-6(4-12-5-7)8(14)13-10(1-2-10)9(15)16/h3-5H,1-2H2,(H,13,14)(H,15,16). The lowest BCUT2D eigenvalue weighted by molar-refractivity contribution is -0.140. The molecule has 1 aromatic heterocycles. The van der Waals surface area contributed by atoms with E-state index < -0.39 is 23.2 Å². The highest BCUT2D eigenvalue weighted by Gasteiger charge is 2.51. The van der Waals surface area contributed by atoms with Crippen molar-refractivity contribution in [3.05, 3.63) is 29.8 Å². The molecule has 6 heteroatoms. The van der Waals surface area contributed by atoms with E-state index in [2.05, 4.69) is 10.3 Å². The zero-order chi connectivity index (χ0) is 11.8. The number of carboxylic acid groups (broad SMARTS) is 1. The Kier molecular flexibility index (Phi) is 2.34. The maximum atomic E-state index is 12.8. The quantitative estimate of drug-likeness (QED) is 0.786. The van der Waals surface area contributed by atoms with Crippen molar-refractivity contribution in [1.29, 1.82) is 0 Å². The average Bonchev–Trinajstić information content (AvgIpc) is 2.99. The molecule has 1 heterocycles. The van der Waals surface area contributed by atoms with Crippen LogP contribution in [0.3, 0.4) is 0 Å². The monoisotopic (exact) mass is 224 g/mol. The molecule has 0 spiro atoms. The second-order valence-electron chi connectivity index (χ2n) is 3.73. The summed E-state index contributed by atoms with van der Waals surface area (Å²) in [5.41, 5.74) is -1.14. The third kappa shape index (κ3) is 1.86. The molecule has 1 fully saturated rings. The predicted molar refractivity (Wildman–Crippen MR) is 51.3 cm³/mol. The van der Waals surface area contributed by atoms with Gasteiger partial charge in [0.15, 0.2) is 0 Å². The maximum Gasteiger partial charge on any atom is 0.329 e. The summed E-state index contributed by atoms with van der Waals surface area (Å²) in [6, 6.07) is 1.01. The smallest absolute Gasteiger partial charge is 0.329 e. The Morgan fingerprint density at radius 3 is 2.62 bits per heavy atom. The molecule has 0 atom stereocenters. The minimum atomic E-state index is -1.16. The Morgan fingerprint density at radius 2 is 2.12 bits per heavy atom. The lowest BCUT2D eigenvalue weighted by atomic mass is 10.2. The number of carbonyl (C=O) groups is 2. The molecule has 0 aromatic carbocycles. The van der Waals surface area contributed by atoms with Crippen molar-refractivity contribution in [3.63, 3.8) is 0 Å². The van der Waals surface area contributed by atoms with Crippen molar-refractivity contribution < 1.29 is 19.1 Å². The van der Waals surface area contributed by atoms with Gasteiger partial charge in [-0.2, -0.15) is 0 Å². The van der Waals surface area contributed by atoms with Gasteiger partial charge in [-0.15, -0.1) is 0 Å². The zero-order valence-corrected chi connectivity index (χ0v) is 8.24. The molecule has 0 saturated heterocycles. The predicted octanol–water partition coefficient (Wildman–Crippen LogP) is 0.568. The summed E-state index contributed by atoms with van der Waals surface area (Å²) in [7, 11) is 0. The number of carboxylic acids is 1. The number of pyridine rings is 1. The van der Waals surface area contributed by atoms with Crippen molar-refractivity contribution in [1.82, 2.24) is 10.3 Å². The zero-order valence-electron chi connectivity index (χ0n) is 8.24. The second kappa shape index (κ2) is 3.55. The highest BCUT2D eigenvalue weighted by Crippen LogP contribution is 2.35. The van der Waals surface area contributed by atoms with Gasteiger partial charge in [-0.25, -0.2) is 9.18 Å². The van der Waals surface area contributed by atoms with Crippen LogP contribution in [0.2, 0.25) is 0 Å². The fourth-order valence-electron chi connectivity index (χ4n) is 1.34. The number of aromatic nitrogens is 1. The van der Waals surface area contributed by atoms with E-state index in [1.165, 1.54) is 6.20 Å². The third-order valence-electron chi connectivity index (χ3n) is 2.48. The van der Waals surface area contributed by atoms with E-state index in [4.69, 9.17) is 5.11 Å². The molecule has 84 valence electrons. The van der Waals surface area contributed by atoms with Gasteiger partial charge in [0.2, 0.25) is 0 Å². The normalized spacial score (nSPS) is 16.6. The van der Waals surface area contributed by atoms with Crippen LogP contribution in [0.4, 0.5) is 4.39 Å². The van der Waals surface area contributed by atoms with Crippen molar-refractivity contribution in [2.24, 2.45) is 0 Å². The number of hydrogen-bond donors (Lipinski definition) is 2. The lowest BCUT2D eigenvalue weighted by Crippen LogP contribution is -2.43. The number of hydrogen-bond acceptors (Lipinski definition) is 3. The molecule has 0 radical (unpaired) electrons. The van der Waals surface area contributed by atoms with E-state index in [1.54, 1.807) is 0 Å². The minimum Gasteiger partial charge on any atom is -0.480 e. The van der Waals surface area contributed by atoms with Crippen molar-refractivity contribution in [2.45, 2.75) is 18.4 Å². The molecule has 1 aromatic rings. The summed E-state index contributed by atoms with van der Waals surface area (Å²) in [6.45, 7) is 0. The van der Waals surface area contributed by atoms with E-state index in [-0.39, 0.29) is 5.56 Å². The van der Waals surface area contributed by atoms with Crippen LogP contribution in [0.15, 0.2) is 18.5 Å². The van der Waals surface area contributed by atoms with Gasteiger partial charge >= 0.3 is 5.97 Å². The average molecular weight is 224 g/mol. The first-order chi connectivity index (χ1) is 7.53. The number of nitrogens with zero attached hydrogens (tertiary/aromatic N) is 1. The molecular weight excluding hydrogens is 215 g/mol. The Hall–Kier alpha value is -1.98. The summed E-state index contributed by atoms with van der Waals surface area (Å²) in [4.78, 5) is 25.9. The molecule has 5 nitrogen and oxygen atoms in total. The molecule has 1 saturated carbocycles. The Morgan fingerprint density at radius 1 is 1.44 bits per heavy atom. The number of rotatable bonds is 3. The summed E-state index contributed by atoms with van der Waals surface area (Å²) in [5, 5.41) is 11.2. The second-order valence-corrected chi connectivity index (χ2v) is 3.73. The first kappa shape index (κ1) is 10.5. The summed E-state index contributed by atoms with van der Waals surface area (Å²) in [6.07, 6.45) is 2.96. The molecule has 2 rings (SSSR count). The Bertz CT molecular complexity index is 457. The molecule has 0 unspecified atom stereocenters. The Labute approximate surface area is 90.3 Å². The largest absolute Gasteiger partial charge is 0.480 e. The van der Waals surface area contributed by atoms with Gasteiger partial charge in [0.05, 0.1) is 11.8 Å². The van der Waals surface area contributed by atoms with Crippen molar-refractivity contribution in [3.8, 4) is 0 Å². The molecular formula is C10H9FN2O3. The van der Waals surface area contributed by atoms with E-state index in [0.717, 1.165) is 12.3 Å². The van der Waals surface area contributed by atoms with Crippen LogP contribution in [0.1, 0.15) is 23.2 Å². The Balaban J connectivity index is 2.12. The number of halogens is 1. The van der Waals surface area contributed by atoms with Crippen LogP contribution in [0, 0.1) is 5.82 Å². The summed E-state index contributed by atoms with van der Waals surface area (Å²) < 4.78 is 12.8. The van der Waals surface area contributed by atoms with Crippen LogP contribution < -0.4 is 5.32 Å². The van der Waals surface area contributed by atoms with E-state index in [1.807, 2.05) is 0 Å². The third-order valence-corrected chi connectivity index (χ3v) is 2.48. The van der Waals surface area contributed by atoms with E-state index in [9.17, 15) is 14.0 Å². The van der Waals surface area contributed by atoms with Gasteiger partial charge in [0, 0.05) is 6.20 Å². The highest BCUT2D eigenvalue weighted by molar-refractivity contribution is 5.98. The highest BCUT2D eigenvalue weighted by atomic mass is 19.1. The summed E-state index contributed by atoms with van der Waals surface area (Å²) >= 11 is 0. The van der Waals surface area contributed by atoms with Crippen LogP contribution in [0.25, 0.3) is 0 Å². The molecule has 16 heavy (non-hydrogen) atoms.